The Bertz CT molecular complexity index is 3180. The second-order valence-corrected chi connectivity index (χ2v) is 19.3. The molecule has 4 nitrogen and oxygen atoms in total. The minimum atomic E-state index is -0.427. The summed E-state index contributed by atoms with van der Waals surface area (Å²) >= 11 is 0. The van der Waals surface area contributed by atoms with E-state index in [4.69, 9.17) is 16.8 Å². The molecule has 1 N–H and O–H groups in total. The topological polar surface area (TPSA) is 50.9 Å². The van der Waals surface area contributed by atoms with Crippen molar-refractivity contribution in [3.8, 4) is 67.5 Å². The van der Waals surface area contributed by atoms with Crippen molar-refractivity contribution in [1.82, 2.24) is 14.5 Å². The van der Waals surface area contributed by atoms with Crippen LogP contribution in [0, 0.1) is 0 Å². The van der Waals surface area contributed by atoms with E-state index in [-0.39, 0.29) is 52.2 Å². The number of hydrogen-bond acceptors (Lipinski definition) is 3. The zero-order valence-electron chi connectivity index (χ0n) is 44.2. The molecule has 8 aromatic rings. The van der Waals surface area contributed by atoms with E-state index in [2.05, 4.69) is 165 Å². The van der Waals surface area contributed by atoms with Crippen molar-refractivity contribution < 1.29 is 12.0 Å². The average molecular weight is 849 g/mol. The Balaban J connectivity index is 1.46. The molecule has 0 amide bonds. The van der Waals surface area contributed by atoms with Crippen LogP contribution in [0.15, 0.2) is 146 Å². The number of aromatic hydroxyl groups is 1. The van der Waals surface area contributed by atoms with Crippen LogP contribution in [0.3, 0.4) is 0 Å². The van der Waals surface area contributed by atoms with Crippen molar-refractivity contribution in [3.63, 3.8) is 0 Å². The van der Waals surface area contributed by atoms with Crippen LogP contribution in [0.1, 0.15) is 136 Å². The lowest BCUT2D eigenvalue weighted by Crippen LogP contribution is -2.12. The van der Waals surface area contributed by atoms with Gasteiger partial charge in [-0.05, 0) is 141 Å². The van der Waals surface area contributed by atoms with Crippen molar-refractivity contribution >= 4 is 11.0 Å². The Morgan fingerprint density at radius 2 is 1.27 bits per heavy atom. The van der Waals surface area contributed by atoms with Crippen molar-refractivity contribution in [2.24, 2.45) is 0 Å². The van der Waals surface area contributed by atoms with E-state index in [9.17, 15) is 5.11 Å². The van der Waals surface area contributed by atoms with E-state index in [1.54, 1.807) is 12.3 Å². The summed E-state index contributed by atoms with van der Waals surface area (Å²) in [4.78, 5) is 10.5. The van der Waals surface area contributed by atoms with Gasteiger partial charge in [0.25, 0.3) is 0 Å². The lowest BCUT2D eigenvalue weighted by Gasteiger charge is -2.24. The molecule has 0 fully saturated rings. The van der Waals surface area contributed by atoms with Gasteiger partial charge in [-0.3, -0.25) is 9.55 Å². The molecular formula is C60H65N3O. The van der Waals surface area contributed by atoms with Gasteiger partial charge in [0.05, 0.1) is 34.8 Å². The molecule has 326 valence electrons. The number of para-hydroxylation sites is 1. The summed E-state index contributed by atoms with van der Waals surface area (Å²) in [6.07, 6.45) is 5.38. The first-order valence-corrected chi connectivity index (χ1v) is 23.1. The molecule has 8 rings (SSSR count). The number of nitrogens with zero attached hydrogens (tertiary/aromatic N) is 3. The Labute approximate surface area is 389 Å². The number of aromatic nitrogens is 3. The minimum absolute atomic E-state index is 0.111. The smallest absolute Gasteiger partial charge is 0.149 e. The quantitative estimate of drug-likeness (QED) is 0.133. The standard InChI is InChI=1S/C60H65N3O/c1-11-39(12-2)44-35-51(40(13-3)14-4)57(64)52(36-44)58-62-56-49(26-21-27-55(56)63(58)54-29-28-47(59(5,6)7)38-50(54)42-24-19-16-20-25-42)45-32-46(34-48(33-45)60(8,9)10)53-37-43(30-31-61-53)41-22-17-15-18-23-41/h15-40,64H,11-14H2,1-10H3/i15D,17D,18D,22D,23D. The molecule has 0 atom stereocenters. The molecule has 0 aliphatic rings. The van der Waals surface area contributed by atoms with Crippen LogP contribution in [0.4, 0.5) is 0 Å². The van der Waals surface area contributed by atoms with Gasteiger partial charge in [0, 0.05) is 22.9 Å². The maximum Gasteiger partial charge on any atom is 0.149 e. The molecule has 64 heavy (non-hydrogen) atoms. The van der Waals surface area contributed by atoms with E-state index >= 15 is 0 Å². The van der Waals surface area contributed by atoms with Crippen molar-refractivity contribution in [3.05, 3.63) is 168 Å². The number of benzene rings is 6. The van der Waals surface area contributed by atoms with E-state index in [0.29, 0.717) is 28.6 Å². The zero-order valence-corrected chi connectivity index (χ0v) is 39.2. The molecule has 0 aliphatic carbocycles. The highest BCUT2D eigenvalue weighted by atomic mass is 16.3. The number of phenolic OH excluding ortho intramolecular Hbond substituents is 1. The highest BCUT2D eigenvalue weighted by Gasteiger charge is 2.28. The Morgan fingerprint density at radius 1 is 0.578 bits per heavy atom. The molecule has 0 aliphatic heterocycles. The molecule has 0 unspecified atom stereocenters. The van der Waals surface area contributed by atoms with Crippen LogP contribution >= 0.6 is 0 Å². The number of pyridine rings is 1. The van der Waals surface area contributed by atoms with Gasteiger partial charge in [-0.15, -0.1) is 0 Å². The third-order valence-electron chi connectivity index (χ3n) is 13.1. The van der Waals surface area contributed by atoms with Gasteiger partial charge in [-0.25, -0.2) is 4.98 Å². The maximum atomic E-state index is 12.7. The van der Waals surface area contributed by atoms with Crippen molar-refractivity contribution in [1.29, 1.82) is 0 Å². The first kappa shape index (κ1) is 38.2. The van der Waals surface area contributed by atoms with Crippen LogP contribution in [-0.2, 0) is 10.8 Å². The van der Waals surface area contributed by atoms with E-state index < -0.39 is 6.04 Å². The molecule has 0 spiro atoms. The first-order chi connectivity index (χ1) is 32.8. The molecular weight excluding hydrogens is 779 g/mol. The number of fused-ring (bicyclic) bond motifs is 1. The summed E-state index contributed by atoms with van der Waals surface area (Å²) in [5.74, 6) is 1.41. The summed E-state index contributed by atoms with van der Waals surface area (Å²) in [7, 11) is 0. The van der Waals surface area contributed by atoms with Crippen molar-refractivity contribution in [2.45, 2.75) is 118 Å². The predicted molar refractivity (Wildman–Crippen MR) is 272 cm³/mol. The lowest BCUT2D eigenvalue weighted by atomic mass is 9.83. The molecule has 0 bridgehead atoms. The second kappa shape index (κ2) is 18.1. The monoisotopic (exact) mass is 849 g/mol. The summed E-state index contributed by atoms with van der Waals surface area (Å²) < 4.78 is 44.6. The van der Waals surface area contributed by atoms with Gasteiger partial charge in [0.15, 0.2) is 0 Å². The van der Waals surface area contributed by atoms with Gasteiger partial charge in [-0.1, -0.05) is 160 Å². The zero-order chi connectivity index (χ0) is 49.7. The summed E-state index contributed by atoms with van der Waals surface area (Å²) in [6.45, 7) is 22.1. The molecule has 4 heteroatoms. The van der Waals surface area contributed by atoms with Crippen LogP contribution in [0.2, 0.25) is 0 Å². The fraction of sp³-hybridized carbons (Fsp3) is 0.300. The molecule has 6 aromatic carbocycles. The van der Waals surface area contributed by atoms with Crippen LogP contribution in [-0.4, -0.2) is 19.6 Å². The largest absolute Gasteiger partial charge is 0.507 e. The fourth-order valence-electron chi connectivity index (χ4n) is 9.19. The number of imidazole rings is 1. The highest BCUT2D eigenvalue weighted by Crippen LogP contribution is 2.46. The maximum absolute atomic E-state index is 12.7. The SMILES string of the molecule is [2H]c1c([2H])c([2H])c(-c2ccnc(-c3cc(-c4cccc5c4nc(-c4cc(C(CC)CC)cc(C(CC)CC)c4O)n5-c4ccc(C(C)(C)C)cc4-c4ccccc4)cc(C(C)(C)C)c3)c2)c([2H])c1[2H]. The highest BCUT2D eigenvalue weighted by molar-refractivity contribution is 5.98. The molecule has 0 saturated heterocycles. The van der Waals surface area contributed by atoms with Crippen molar-refractivity contribution in [2.75, 3.05) is 0 Å². The predicted octanol–water partition coefficient (Wildman–Crippen LogP) is 16.9. The van der Waals surface area contributed by atoms with E-state index in [1.165, 1.54) is 11.1 Å². The summed E-state index contributed by atoms with van der Waals surface area (Å²) in [6, 6.07) is 36.3. The van der Waals surface area contributed by atoms with Crippen LogP contribution in [0.25, 0.3) is 72.7 Å². The fourth-order valence-corrected chi connectivity index (χ4v) is 9.19. The van der Waals surface area contributed by atoms with Gasteiger partial charge in [0.1, 0.15) is 11.6 Å². The summed E-state index contributed by atoms with van der Waals surface area (Å²) in [5, 5.41) is 12.7. The second-order valence-electron chi connectivity index (χ2n) is 19.3. The molecule has 0 radical (unpaired) electrons. The van der Waals surface area contributed by atoms with Crippen LogP contribution in [0.5, 0.6) is 5.75 Å². The Hall–Kier alpha value is -6.26. The molecule has 2 aromatic heterocycles. The van der Waals surface area contributed by atoms with Gasteiger partial charge in [0.2, 0.25) is 0 Å². The summed E-state index contributed by atoms with van der Waals surface area (Å²) in [5.41, 5.74) is 13.4. The minimum Gasteiger partial charge on any atom is -0.507 e. The normalized spacial score (nSPS) is 13.3. The number of phenols is 1. The average Bonchev–Trinajstić information content (AvgIpc) is 3.73. The number of rotatable bonds is 12. The van der Waals surface area contributed by atoms with Gasteiger partial charge >= 0.3 is 0 Å². The third-order valence-corrected chi connectivity index (χ3v) is 13.1. The molecule has 0 saturated carbocycles. The van der Waals surface area contributed by atoms with E-state index in [1.807, 2.05) is 12.1 Å². The number of hydrogen-bond donors (Lipinski definition) is 1. The Morgan fingerprint density at radius 3 is 1.94 bits per heavy atom. The lowest BCUT2D eigenvalue weighted by molar-refractivity contribution is 0.457. The Kier molecular flexibility index (Phi) is 10.8. The van der Waals surface area contributed by atoms with Gasteiger partial charge in [-0.2, -0.15) is 0 Å². The first-order valence-electron chi connectivity index (χ1n) is 25.6. The van der Waals surface area contributed by atoms with Gasteiger partial charge < -0.3 is 5.11 Å². The molecule has 2 heterocycles. The van der Waals surface area contributed by atoms with Crippen LogP contribution < -0.4 is 0 Å². The third kappa shape index (κ3) is 8.68. The van der Waals surface area contributed by atoms with E-state index in [0.717, 1.165) is 81.3 Å².